The van der Waals surface area contributed by atoms with E-state index >= 15 is 0 Å². The molecule has 234 valence electrons. The molecule has 1 atom stereocenters. The van der Waals surface area contributed by atoms with Gasteiger partial charge in [-0.15, -0.1) is 0 Å². The summed E-state index contributed by atoms with van der Waals surface area (Å²) >= 11 is 1.26. The van der Waals surface area contributed by atoms with Crippen molar-refractivity contribution in [3.63, 3.8) is 0 Å². The highest BCUT2D eigenvalue weighted by Crippen LogP contribution is 2.34. The van der Waals surface area contributed by atoms with Crippen LogP contribution >= 0.6 is 11.3 Å². The lowest BCUT2D eigenvalue weighted by molar-refractivity contribution is -0.145. The van der Waals surface area contributed by atoms with Crippen molar-refractivity contribution < 1.29 is 23.8 Å². The largest absolute Gasteiger partial charge is 0.481 e. The van der Waals surface area contributed by atoms with Crippen molar-refractivity contribution in [3.8, 4) is 5.75 Å². The first-order chi connectivity index (χ1) is 21.8. The van der Waals surface area contributed by atoms with Crippen molar-refractivity contribution in [2.24, 2.45) is 4.99 Å². The van der Waals surface area contributed by atoms with Crippen LogP contribution in [0.4, 0.5) is 0 Å². The number of carbonyl (C=O) groups is 2. The number of benzene rings is 3. The van der Waals surface area contributed by atoms with Gasteiger partial charge < -0.3 is 14.2 Å². The zero-order chi connectivity index (χ0) is 32.1. The maximum absolute atomic E-state index is 14.4. The summed E-state index contributed by atoms with van der Waals surface area (Å²) in [5, 5.41) is 1.82. The lowest BCUT2D eigenvalue weighted by Crippen LogP contribution is -2.40. The zero-order valence-electron chi connectivity index (χ0n) is 26.3. The maximum atomic E-state index is 14.4. The molecule has 0 N–H and O–H groups in total. The molecule has 4 aromatic rings. The number of fused-ring (bicyclic) bond motifs is 2. The number of hydrogen-bond acceptors (Lipinski definition) is 8. The molecule has 0 saturated heterocycles. The fraction of sp³-hybridized carbons (Fsp3) is 0.333. The van der Waals surface area contributed by atoms with E-state index in [-0.39, 0.29) is 25.4 Å². The second-order valence-electron chi connectivity index (χ2n) is 11.0. The Hall–Kier alpha value is -4.50. The van der Waals surface area contributed by atoms with E-state index in [1.807, 2.05) is 61.5 Å². The summed E-state index contributed by atoms with van der Waals surface area (Å²) in [5.41, 5.74) is 3.37. The smallest absolute Gasteiger partial charge is 0.344 e. The highest BCUT2D eigenvalue weighted by atomic mass is 32.1. The number of hydrogen-bond donors (Lipinski definition) is 0. The van der Waals surface area contributed by atoms with E-state index in [0.29, 0.717) is 44.3 Å². The molecule has 0 saturated carbocycles. The molecule has 3 aromatic carbocycles. The monoisotopic (exact) mass is 626 g/mol. The molecule has 1 aliphatic rings. The Morgan fingerprint density at radius 2 is 1.71 bits per heavy atom. The Labute approximate surface area is 266 Å². The van der Waals surface area contributed by atoms with Gasteiger partial charge in [0.1, 0.15) is 5.75 Å². The Morgan fingerprint density at radius 1 is 0.978 bits per heavy atom. The van der Waals surface area contributed by atoms with Crippen LogP contribution in [0.5, 0.6) is 5.75 Å². The van der Waals surface area contributed by atoms with Gasteiger partial charge in [-0.2, -0.15) is 0 Å². The molecule has 45 heavy (non-hydrogen) atoms. The first-order valence-corrected chi connectivity index (χ1v) is 16.2. The standard InChI is InChI=1S/C36H38N2O6S/c1-6-11-28-32(35(41)43-8-3)33(25-16-14-23(15-17-25)22(4)5)38-34(40)30(45-36(38)37-28)20-27-26-13-10-9-12-24(26)18-19-29(27)44-21-31(39)42-7-2/h9-10,12-20,22,33H,6-8,11,21H2,1-5H3/b30-20-/t33-/m1/s1. The van der Waals surface area contributed by atoms with E-state index in [1.165, 1.54) is 11.3 Å². The topological polar surface area (TPSA) is 96.2 Å². The minimum Gasteiger partial charge on any atom is -0.481 e. The normalized spacial score (nSPS) is 14.8. The van der Waals surface area contributed by atoms with Gasteiger partial charge in [-0.05, 0) is 60.2 Å². The molecule has 1 aromatic heterocycles. The van der Waals surface area contributed by atoms with E-state index < -0.39 is 18.0 Å². The maximum Gasteiger partial charge on any atom is 0.344 e. The van der Waals surface area contributed by atoms with Crippen molar-refractivity contribution in [1.82, 2.24) is 4.57 Å². The molecular formula is C36H38N2O6S. The molecular weight excluding hydrogens is 588 g/mol. The van der Waals surface area contributed by atoms with Crippen LogP contribution in [0.25, 0.3) is 16.8 Å². The second-order valence-corrected chi connectivity index (χ2v) is 12.0. The van der Waals surface area contributed by atoms with Gasteiger partial charge in [0.05, 0.1) is 35.1 Å². The quantitative estimate of drug-likeness (QED) is 0.196. The summed E-state index contributed by atoms with van der Waals surface area (Å²) in [7, 11) is 0. The van der Waals surface area contributed by atoms with Crippen molar-refractivity contribution in [2.45, 2.75) is 59.4 Å². The fourth-order valence-electron chi connectivity index (χ4n) is 5.52. The van der Waals surface area contributed by atoms with Crippen LogP contribution in [0.3, 0.4) is 0 Å². The summed E-state index contributed by atoms with van der Waals surface area (Å²) in [6.45, 7) is 9.99. The molecule has 0 fully saturated rings. The molecule has 8 nitrogen and oxygen atoms in total. The van der Waals surface area contributed by atoms with Gasteiger partial charge in [0.25, 0.3) is 5.56 Å². The summed E-state index contributed by atoms with van der Waals surface area (Å²) in [6.07, 6.45) is 3.13. The van der Waals surface area contributed by atoms with Crippen LogP contribution in [-0.2, 0) is 19.1 Å². The van der Waals surface area contributed by atoms with E-state index in [2.05, 4.69) is 13.8 Å². The van der Waals surface area contributed by atoms with Crippen molar-refractivity contribution in [1.29, 1.82) is 0 Å². The number of rotatable bonds is 11. The van der Waals surface area contributed by atoms with Gasteiger partial charge in [0, 0.05) is 5.56 Å². The Bertz CT molecular complexity index is 1930. The van der Waals surface area contributed by atoms with E-state index in [9.17, 15) is 14.4 Å². The lowest BCUT2D eigenvalue weighted by atomic mass is 9.92. The minimum atomic E-state index is -0.697. The second kappa shape index (κ2) is 14.1. The number of esters is 2. The number of aromatic nitrogens is 1. The molecule has 5 rings (SSSR count). The van der Waals surface area contributed by atoms with Gasteiger partial charge in [0.2, 0.25) is 0 Å². The molecule has 9 heteroatoms. The lowest BCUT2D eigenvalue weighted by Gasteiger charge is -2.26. The van der Waals surface area contributed by atoms with E-state index in [4.69, 9.17) is 19.2 Å². The van der Waals surface area contributed by atoms with Crippen molar-refractivity contribution in [2.75, 3.05) is 19.8 Å². The molecule has 0 amide bonds. The number of ether oxygens (including phenoxy) is 3. The molecule has 0 spiro atoms. The van der Waals surface area contributed by atoms with Gasteiger partial charge in [0.15, 0.2) is 11.4 Å². The summed E-state index contributed by atoms with van der Waals surface area (Å²) in [4.78, 5) is 45.4. The molecule has 0 aliphatic carbocycles. The molecule has 0 radical (unpaired) electrons. The summed E-state index contributed by atoms with van der Waals surface area (Å²) < 4.78 is 18.5. The number of thiazole rings is 1. The Kier molecular flexibility index (Phi) is 9.98. The summed E-state index contributed by atoms with van der Waals surface area (Å²) in [6, 6.07) is 18.9. The highest BCUT2D eigenvalue weighted by molar-refractivity contribution is 7.07. The number of nitrogens with zero attached hydrogens (tertiary/aromatic N) is 2. The van der Waals surface area contributed by atoms with Crippen LogP contribution in [0, 0.1) is 0 Å². The van der Waals surface area contributed by atoms with E-state index in [0.717, 1.165) is 28.3 Å². The van der Waals surface area contributed by atoms with Crippen LogP contribution in [0.2, 0.25) is 0 Å². The first kappa shape index (κ1) is 31.9. The van der Waals surface area contributed by atoms with Crippen molar-refractivity contribution in [3.05, 3.63) is 108 Å². The minimum absolute atomic E-state index is 0.209. The van der Waals surface area contributed by atoms with E-state index in [1.54, 1.807) is 30.6 Å². The van der Waals surface area contributed by atoms with Crippen LogP contribution in [0.15, 0.2) is 81.7 Å². The van der Waals surface area contributed by atoms with Gasteiger partial charge in [-0.25, -0.2) is 14.6 Å². The zero-order valence-corrected chi connectivity index (χ0v) is 27.1. The van der Waals surface area contributed by atoms with Crippen LogP contribution in [-0.4, -0.2) is 36.3 Å². The number of allylic oxidation sites excluding steroid dienone is 1. The first-order valence-electron chi connectivity index (χ1n) is 15.4. The SMILES string of the molecule is CCCC1=C(C(=O)OCC)[C@@H](c2ccc(C(C)C)cc2)n2c(s/c(=C\c3c(OCC(=O)OCC)ccc4ccccc34)c2=O)=N1. The summed E-state index contributed by atoms with van der Waals surface area (Å²) in [5.74, 6) is -0.167. The third-order valence-corrected chi connectivity index (χ3v) is 8.65. The average Bonchev–Trinajstić information content (AvgIpc) is 3.34. The number of carbonyl (C=O) groups excluding carboxylic acids is 2. The predicted molar refractivity (Wildman–Crippen MR) is 176 cm³/mol. The van der Waals surface area contributed by atoms with Gasteiger partial charge in [-0.3, -0.25) is 9.36 Å². The Balaban J connectivity index is 1.74. The van der Waals surface area contributed by atoms with Crippen molar-refractivity contribution >= 4 is 40.1 Å². The third-order valence-electron chi connectivity index (χ3n) is 7.67. The van der Waals surface area contributed by atoms with Gasteiger partial charge >= 0.3 is 11.9 Å². The van der Waals surface area contributed by atoms with Crippen LogP contribution < -0.4 is 19.6 Å². The fourth-order valence-corrected chi connectivity index (χ4v) is 6.52. The average molecular weight is 627 g/mol. The Morgan fingerprint density at radius 3 is 2.40 bits per heavy atom. The molecule has 0 bridgehead atoms. The molecule has 1 aliphatic heterocycles. The molecule has 0 unspecified atom stereocenters. The predicted octanol–water partition coefficient (Wildman–Crippen LogP) is 5.80. The van der Waals surface area contributed by atoms with Gasteiger partial charge in [-0.1, -0.05) is 93.1 Å². The highest BCUT2D eigenvalue weighted by Gasteiger charge is 2.34. The molecule has 2 heterocycles. The van der Waals surface area contributed by atoms with Crippen LogP contribution in [0.1, 0.15) is 76.1 Å². The third kappa shape index (κ3) is 6.63.